The Morgan fingerprint density at radius 2 is 1.76 bits per heavy atom. The summed E-state index contributed by atoms with van der Waals surface area (Å²) in [6, 6.07) is 13.9. The van der Waals surface area contributed by atoms with Crippen molar-refractivity contribution in [3.05, 3.63) is 64.7 Å². The summed E-state index contributed by atoms with van der Waals surface area (Å²) in [6.07, 6.45) is 3.47. The fourth-order valence-electron chi connectivity index (χ4n) is 2.46. The highest BCUT2D eigenvalue weighted by atomic mass is 32.1. The zero-order valence-electron chi connectivity index (χ0n) is 15.0. The summed E-state index contributed by atoms with van der Waals surface area (Å²) in [7, 11) is 0. The number of unbranched alkanes of at least 4 members (excludes halogenated alkanes) is 1. The molecule has 0 aliphatic heterocycles. The normalized spacial score (nSPS) is 10.2. The molecule has 0 aromatic heterocycles. The smallest absolute Gasteiger partial charge is 0.269 e. The van der Waals surface area contributed by atoms with Crippen molar-refractivity contribution in [3.63, 3.8) is 0 Å². The van der Waals surface area contributed by atoms with Gasteiger partial charge >= 0.3 is 0 Å². The second-order valence-electron chi connectivity index (χ2n) is 6.15. The summed E-state index contributed by atoms with van der Waals surface area (Å²) in [5.41, 5.74) is 10.2. The Bertz CT molecular complexity index is 741. The Morgan fingerprint density at radius 1 is 1.04 bits per heavy atom. The minimum Gasteiger partial charge on any atom is -0.331 e. The molecule has 0 bridgehead atoms. The average molecular weight is 356 g/mol. The Balaban J connectivity index is 1.86. The molecule has 0 unspecified atom stereocenters. The molecule has 0 aliphatic rings. The third-order valence-electron chi connectivity index (χ3n) is 3.96. The van der Waals surface area contributed by atoms with Gasteiger partial charge in [0.1, 0.15) is 0 Å². The van der Waals surface area contributed by atoms with Gasteiger partial charge in [-0.3, -0.25) is 15.6 Å². The minimum atomic E-state index is -0.208. The van der Waals surface area contributed by atoms with Crippen molar-refractivity contribution in [2.24, 2.45) is 0 Å². The number of carbonyl (C=O) groups is 1. The second-order valence-corrected chi connectivity index (χ2v) is 6.56. The summed E-state index contributed by atoms with van der Waals surface area (Å²) in [5, 5.41) is 3.41. The van der Waals surface area contributed by atoms with Crippen LogP contribution in [0, 0.1) is 13.8 Å². The number of nitrogens with one attached hydrogen (secondary N) is 3. The number of aryl methyl sites for hydroxylation is 3. The lowest BCUT2D eigenvalue weighted by molar-refractivity contribution is 0.0943. The van der Waals surface area contributed by atoms with Crippen LogP contribution in [0.1, 0.15) is 46.8 Å². The fourth-order valence-corrected chi connectivity index (χ4v) is 2.63. The van der Waals surface area contributed by atoms with Gasteiger partial charge in [-0.25, -0.2) is 0 Å². The second kappa shape index (κ2) is 9.18. The van der Waals surface area contributed by atoms with Crippen LogP contribution in [-0.2, 0) is 6.42 Å². The molecule has 0 saturated heterocycles. The van der Waals surface area contributed by atoms with Crippen LogP contribution in [0.5, 0.6) is 0 Å². The quantitative estimate of drug-likeness (QED) is 0.554. The molecule has 2 aromatic rings. The van der Waals surface area contributed by atoms with E-state index < -0.39 is 0 Å². The highest BCUT2D eigenvalue weighted by molar-refractivity contribution is 7.80. The average Bonchev–Trinajstić information content (AvgIpc) is 2.61. The molecule has 0 spiro atoms. The van der Waals surface area contributed by atoms with Gasteiger partial charge in [0, 0.05) is 11.3 Å². The van der Waals surface area contributed by atoms with E-state index >= 15 is 0 Å². The standard InChI is InChI=1S/C20H25N3OS/c1-4-5-6-16-9-11-17(12-10-16)21-20(25)23-22-19(24)18-13-14(2)7-8-15(18)3/h7-13H,4-6H2,1-3H3,(H,22,24)(H2,21,23,25). The summed E-state index contributed by atoms with van der Waals surface area (Å²) in [5.74, 6) is -0.208. The zero-order chi connectivity index (χ0) is 18.2. The van der Waals surface area contributed by atoms with Crippen molar-refractivity contribution in [1.82, 2.24) is 10.9 Å². The number of hydrogen-bond donors (Lipinski definition) is 3. The first-order valence-corrected chi connectivity index (χ1v) is 8.94. The number of rotatable bonds is 5. The van der Waals surface area contributed by atoms with E-state index in [-0.39, 0.29) is 5.91 Å². The topological polar surface area (TPSA) is 53.2 Å². The van der Waals surface area contributed by atoms with Crippen LogP contribution in [0.25, 0.3) is 0 Å². The first-order valence-electron chi connectivity index (χ1n) is 8.53. The van der Waals surface area contributed by atoms with Crippen molar-refractivity contribution in [2.45, 2.75) is 40.0 Å². The van der Waals surface area contributed by atoms with Gasteiger partial charge in [-0.15, -0.1) is 0 Å². The molecule has 5 heteroatoms. The Morgan fingerprint density at radius 3 is 2.44 bits per heavy atom. The number of anilines is 1. The third-order valence-corrected chi connectivity index (χ3v) is 4.16. The van der Waals surface area contributed by atoms with Crippen molar-refractivity contribution in [3.8, 4) is 0 Å². The van der Waals surface area contributed by atoms with E-state index in [1.807, 2.05) is 44.2 Å². The summed E-state index contributed by atoms with van der Waals surface area (Å²) >= 11 is 5.23. The van der Waals surface area contributed by atoms with E-state index in [1.165, 1.54) is 18.4 Å². The van der Waals surface area contributed by atoms with Crippen LogP contribution in [0.3, 0.4) is 0 Å². The van der Waals surface area contributed by atoms with Crippen molar-refractivity contribution < 1.29 is 4.79 Å². The van der Waals surface area contributed by atoms with Gasteiger partial charge in [0.05, 0.1) is 0 Å². The lowest BCUT2D eigenvalue weighted by atomic mass is 10.1. The molecule has 0 aliphatic carbocycles. The molecule has 0 fully saturated rings. The molecule has 25 heavy (non-hydrogen) atoms. The largest absolute Gasteiger partial charge is 0.331 e. The van der Waals surface area contributed by atoms with E-state index in [0.29, 0.717) is 10.7 Å². The van der Waals surface area contributed by atoms with Crippen molar-refractivity contribution in [2.75, 3.05) is 5.32 Å². The predicted molar refractivity (Wildman–Crippen MR) is 108 cm³/mol. The van der Waals surface area contributed by atoms with Crippen LogP contribution in [0.4, 0.5) is 5.69 Å². The highest BCUT2D eigenvalue weighted by Gasteiger charge is 2.09. The Labute approximate surface area is 155 Å². The van der Waals surface area contributed by atoms with E-state index in [9.17, 15) is 4.79 Å². The molecule has 3 N–H and O–H groups in total. The number of carbonyl (C=O) groups excluding carboxylic acids is 1. The molecule has 0 atom stereocenters. The molecule has 2 rings (SSSR count). The molecule has 132 valence electrons. The SMILES string of the molecule is CCCCc1ccc(NC(=S)NNC(=O)c2cc(C)ccc2C)cc1. The van der Waals surface area contributed by atoms with Crippen LogP contribution in [-0.4, -0.2) is 11.0 Å². The molecule has 4 nitrogen and oxygen atoms in total. The molecule has 1 amide bonds. The highest BCUT2D eigenvalue weighted by Crippen LogP contribution is 2.12. The predicted octanol–water partition coefficient (Wildman–Crippen LogP) is 4.28. The van der Waals surface area contributed by atoms with Crippen LogP contribution in [0.15, 0.2) is 42.5 Å². The maximum absolute atomic E-state index is 12.3. The summed E-state index contributed by atoms with van der Waals surface area (Å²) < 4.78 is 0. The van der Waals surface area contributed by atoms with E-state index in [2.05, 4.69) is 35.2 Å². The van der Waals surface area contributed by atoms with E-state index in [1.54, 1.807) is 0 Å². The number of hydrazine groups is 1. The van der Waals surface area contributed by atoms with Gasteiger partial charge in [0.25, 0.3) is 5.91 Å². The maximum atomic E-state index is 12.3. The monoisotopic (exact) mass is 355 g/mol. The lowest BCUT2D eigenvalue weighted by Gasteiger charge is -2.13. The molecule has 2 aromatic carbocycles. The van der Waals surface area contributed by atoms with Crippen molar-refractivity contribution >= 4 is 28.9 Å². The number of amides is 1. The molecular weight excluding hydrogens is 330 g/mol. The first-order chi connectivity index (χ1) is 12.0. The fraction of sp³-hybridized carbons (Fsp3) is 0.300. The number of benzene rings is 2. The van der Waals surface area contributed by atoms with Crippen LogP contribution < -0.4 is 16.2 Å². The molecular formula is C20H25N3OS. The van der Waals surface area contributed by atoms with E-state index in [4.69, 9.17) is 12.2 Å². The van der Waals surface area contributed by atoms with Gasteiger partial charge in [0.15, 0.2) is 5.11 Å². The molecule has 0 heterocycles. The minimum absolute atomic E-state index is 0.208. The van der Waals surface area contributed by atoms with Gasteiger partial charge in [-0.05, 0) is 68.2 Å². The van der Waals surface area contributed by atoms with Gasteiger partial charge in [0.2, 0.25) is 0 Å². The Hall–Kier alpha value is -2.40. The summed E-state index contributed by atoms with van der Waals surface area (Å²) in [4.78, 5) is 12.3. The van der Waals surface area contributed by atoms with Gasteiger partial charge in [-0.1, -0.05) is 43.2 Å². The van der Waals surface area contributed by atoms with Gasteiger partial charge < -0.3 is 5.32 Å². The lowest BCUT2D eigenvalue weighted by Crippen LogP contribution is -2.44. The van der Waals surface area contributed by atoms with Gasteiger partial charge in [-0.2, -0.15) is 0 Å². The zero-order valence-corrected chi connectivity index (χ0v) is 15.8. The molecule has 0 radical (unpaired) electrons. The third kappa shape index (κ3) is 5.87. The summed E-state index contributed by atoms with van der Waals surface area (Å²) in [6.45, 7) is 6.05. The Kier molecular flexibility index (Phi) is 6.95. The van der Waals surface area contributed by atoms with E-state index in [0.717, 1.165) is 23.2 Å². The van der Waals surface area contributed by atoms with Crippen molar-refractivity contribution in [1.29, 1.82) is 0 Å². The van der Waals surface area contributed by atoms with Crippen LogP contribution in [0.2, 0.25) is 0 Å². The number of thiocarbonyl (C=S) groups is 1. The molecule has 0 saturated carbocycles. The first kappa shape index (κ1) is 18.9. The number of hydrogen-bond acceptors (Lipinski definition) is 2. The van der Waals surface area contributed by atoms with Crippen LogP contribution >= 0.6 is 12.2 Å². The maximum Gasteiger partial charge on any atom is 0.269 e.